The van der Waals surface area contributed by atoms with Gasteiger partial charge in [0.05, 0.1) is 6.04 Å². The Balaban J connectivity index is 1.70. The summed E-state index contributed by atoms with van der Waals surface area (Å²) in [6.45, 7) is 4.80. The molecule has 0 saturated carbocycles. The summed E-state index contributed by atoms with van der Waals surface area (Å²) in [6.07, 6.45) is 1.64. The van der Waals surface area contributed by atoms with Gasteiger partial charge >= 0.3 is 0 Å². The van der Waals surface area contributed by atoms with Gasteiger partial charge < -0.3 is 14.8 Å². The zero-order valence-electron chi connectivity index (χ0n) is 15.5. The number of carbonyl (C=O) groups excluding carboxylic acids is 1. The highest BCUT2D eigenvalue weighted by Gasteiger charge is 2.21. The summed E-state index contributed by atoms with van der Waals surface area (Å²) in [7, 11) is 2.13. The number of benzene rings is 1. The molecule has 1 fully saturated rings. The van der Waals surface area contributed by atoms with Crippen LogP contribution in [-0.2, 0) is 11.3 Å². The fraction of sp³-hybridized carbons (Fsp3) is 0.400. The molecule has 1 N–H and O–H groups in total. The van der Waals surface area contributed by atoms with Crippen molar-refractivity contribution in [2.75, 3.05) is 39.8 Å². The van der Waals surface area contributed by atoms with Crippen LogP contribution in [-0.4, -0.2) is 60.0 Å². The molecule has 3 rings (SSSR count). The van der Waals surface area contributed by atoms with Gasteiger partial charge in [0.1, 0.15) is 6.54 Å². The van der Waals surface area contributed by atoms with Crippen molar-refractivity contribution < 1.29 is 4.79 Å². The normalized spacial score (nSPS) is 16.8. The predicted molar refractivity (Wildman–Crippen MR) is 110 cm³/mol. The van der Waals surface area contributed by atoms with Crippen molar-refractivity contribution >= 4 is 21.8 Å². The molecule has 0 spiro atoms. The number of rotatable bonds is 6. The van der Waals surface area contributed by atoms with Crippen molar-refractivity contribution in [1.82, 2.24) is 19.7 Å². The van der Waals surface area contributed by atoms with E-state index in [-0.39, 0.29) is 24.1 Å². The Morgan fingerprint density at radius 1 is 1.11 bits per heavy atom. The van der Waals surface area contributed by atoms with Crippen molar-refractivity contribution in [2.24, 2.45) is 0 Å². The van der Waals surface area contributed by atoms with E-state index in [9.17, 15) is 9.59 Å². The summed E-state index contributed by atoms with van der Waals surface area (Å²) < 4.78 is 2.18. The molecule has 1 aromatic heterocycles. The second-order valence-corrected chi connectivity index (χ2v) is 7.86. The van der Waals surface area contributed by atoms with Gasteiger partial charge in [-0.1, -0.05) is 30.3 Å². The first-order valence-corrected chi connectivity index (χ1v) is 9.92. The summed E-state index contributed by atoms with van der Waals surface area (Å²) in [4.78, 5) is 29.3. The maximum atomic E-state index is 12.6. The fourth-order valence-electron chi connectivity index (χ4n) is 3.23. The molecule has 1 aliphatic heterocycles. The molecule has 1 amide bonds. The van der Waals surface area contributed by atoms with Crippen molar-refractivity contribution in [3.05, 3.63) is 69.1 Å². The molecule has 144 valence electrons. The zero-order chi connectivity index (χ0) is 19.2. The van der Waals surface area contributed by atoms with Crippen molar-refractivity contribution in [2.45, 2.75) is 12.6 Å². The molecular formula is C20H25BrN4O2. The van der Waals surface area contributed by atoms with Gasteiger partial charge in [0.25, 0.3) is 5.56 Å². The Morgan fingerprint density at radius 2 is 1.81 bits per heavy atom. The van der Waals surface area contributed by atoms with Gasteiger partial charge in [-0.15, -0.1) is 0 Å². The molecule has 1 saturated heterocycles. The van der Waals surface area contributed by atoms with Crippen LogP contribution < -0.4 is 10.9 Å². The standard InChI is InChI=1S/C20H25BrN4O2/c1-23-9-11-24(12-10-23)14-18(16-5-3-2-4-6-16)22-19(26)15-25-13-17(21)7-8-20(25)27/h2-8,13,18H,9-12,14-15H2,1H3,(H,22,26). The average molecular weight is 433 g/mol. The highest BCUT2D eigenvalue weighted by Crippen LogP contribution is 2.15. The number of nitrogens with one attached hydrogen (secondary N) is 1. The van der Waals surface area contributed by atoms with Gasteiger partial charge in [-0.3, -0.25) is 14.5 Å². The molecule has 2 heterocycles. The Bertz CT molecular complexity index is 816. The highest BCUT2D eigenvalue weighted by molar-refractivity contribution is 9.10. The maximum Gasteiger partial charge on any atom is 0.251 e. The van der Waals surface area contributed by atoms with Gasteiger partial charge in [0, 0.05) is 49.5 Å². The van der Waals surface area contributed by atoms with Gasteiger partial charge in [-0.05, 0) is 34.6 Å². The smallest absolute Gasteiger partial charge is 0.251 e. The van der Waals surface area contributed by atoms with E-state index in [0.29, 0.717) is 0 Å². The van der Waals surface area contributed by atoms with E-state index in [4.69, 9.17) is 0 Å². The lowest BCUT2D eigenvalue weighted by atomic mass is 10.1. The average Bonchev–Trinajstić information content (AvgIpc) is 2.66. The van der Waals surface area contributed by atoms with Crippen LogP contribution in [0.5, 0.6) is 0 Å². The monoisotopic (exact) mass is 432 g/mol. The number of carbonyl (C=O) groups is 1. The molecule has 0 radical (unpaired) electrons. The minimum Gasteiger partial charge on any atom is -0.346 e. The van der Waals surface area contributed by atoms with Gasteiger partial charge in [-0.2, -0.15) is 0 Å². The van der Waals surface area contributed by atoms with Crippen LogP contribution in [0.3, 0.4) is 0 Å². The maximum absolute atomic E-state index is 12.6. The van der Waals surface area contributed by atoms with Crippen molar-refractivity contribution in [3.8, 4) is 0 Å². The predicted octanol–water partition coefficient (Wildman–Crippen LogP) is 1.72. The van der Waals surface area contributed by atoms with Crippen LogP contribution in [0, 0.1) is 0 Å². The van der Waals surface area contributed by atoms with E-state index < -0.39 is 0 Å². The van der Waals surface area contributed by atoms with E-state index in [1.54, 1.807) is 12.3 Å². The van der Waals surface area contributed by atoms with Crippen molar-refractivity contribution in [3.63, 3.8) is 0 Å². The number of pyridine rings is 1. The lowest BCUT2D eigenvalue weighted by Gasteiger charge is -2.35. The molecule has 1 atom stereocenters. The molecule has 1 aliphatic rings. The number of piperazine rings is 1. The summed E-state index contributed by atoms with van der Waals surface area (Å²) in [5, 5.41) is 3.12. The largest absolute Gasteiger partial charge is 0.346 e. The third-order valence-corrected chi connectivity index (χ3v) is 5.30. The number of hydrogen-bond donors (Lipinski definition) is 1. The Labute approximate surface area is 167 Å². The summed E-state index contributed by atoms with van der Waals surface area (Å²) in [5.74, 6) is -0.168. The summed E-state index contributed by atoms with van der Waals surface area (Å²) in [5.41, 5.74) is 0.884. The Hall–Kier alpha value is -1.96. The quantitative estimate of drug-likeness (QED) is 0.754. The van der Waals surface area contributed by atoms with E-state index >= 15 is 0 Å². The second kappa shape index (κ2) is 9.30. The minimum absolute atomic E-state index is 0.00431. The van der Waals surface area contributed by atoms with Crippen LogP contribution in [0.2, 0.25) is 0 Å². The topological polar surface area (TPSA) is 57.6 Å². The van der Waals surface area contributed by atoms with Gasteiger partial charge in [0.2, 0.25) is 5.91 Å². The third-order valence-electron chi connectivity index (χ3n) is 4.84. The number of likely N-dealkylation sites (N-methyl/N-ethyl adjacent to an activating group) is 1. The van der Waals surface area contributed by atoms with Crippen LogP contribution in [0.1, 0.15) is 11.6 Å². The van der Waals surface area contributed by atoms with E-state index in [1.165, 1.54) is 10.6 Å². The van der Waals surface area contributed by atoms with E-state index in [0.717, 1.165) is 42.8 Å². The number of hydrogen-bond acceptors (Lipinski definition) is 4. The molecule has 2 aromatic rings. The molecule has 1 aromatic carbocycles. The molecule has 27 heavy (non-hydrogen) atoms. The highest BCUT2D eigenvalue weighted by atomic mass is 79.9. The first-order valence-electron chi connectivity index (χ1n) is 9.12. The molecule has 7 heteroatoms. The fourth-order valence-corrected chi connectivity index (χ4v) is 3.61. The van der Waals surface area contributed by atoms with Crippen LogP contribution in [0.15, 0.2) is 57.9 Å². The third kappa shape index (κ3) is 5.76. The molecule has 1 unspecified atom stereocenters. The molecular weight excluding hydrogens is 408 g/mol. The van der Waals surface area contributed by atoms with Crippen LogP contribution >= 0.6 is 15.9 Å². The first-order chi connectivity index (χ1) is 13.0. The second-order valence-electron chi connectivity index (χ2n) is 6.95. The minimum atomic E-state index is -0.191. The summed E-state index contributed by atoms with van der Waals surface area (Å²) in [6, 6.07) is 13.0. The molecule has 6 nitrogen and oxygen atoms in total. The number of halogens is 1. The van der Waals surface area contributed by atoms with E-state index in [1.807, 2.05) is 30.3 Å². The first kappa shape index (κ1) is 19.8. The van der Waals surface area contributed by atoms with Crippen LogP contribution in [0.4, 0.5) is 0 Å². The lowest BCUT2D eigenvalue weighted by molar-refractivity contribution is -0.122. The van der Waals surface area contributed by atoms with Crippen molar-refractivity contribution in [1.29, 1.82) is 0 Å². The number of aromatic nitrogens is 1. The Morgan fingerprint density at radius 3 is 2.52 bits per heavy atom. The zero-order valence-corrected chi connectivity index (χ0v) is 17.1. The number of amides is 1. The van der Waals surface area contributed by atoms with E-state index in [2.05, 4.69) is 38.1 Å². The number of nitrogens with zero attached hydrogens (tertiary/aromatic N) is 3. The van der Waals surface area contributed by atoms with Gasteiger partial charge in [-0.25, -0.2) is 0 Å². The Kier molecular flexibility index (Phi) is 6.82. The summed E-state index contributed by atoms with van der Waals surface area (Å²) >= 11 is 3.34. The van der Waals surface area contributed by atoms with Crippen LogP contribution in [0.25, 0.3) is 0 Å². The molecule has 0 bridgehead atoms. The SMILES string of the molecule is CN1CCN(CC(NC(=O)Cn2cc(Br)ccc2=O)c2ccccc2)CC1. The van der Waals surface area contributed by atoms with Gasteiger partial charge in [0.15, 0.2) is 0 Å². The molecule has 0 aliphatic carbocycles. The lowest BCUT2D eigenvalue weighted by Crippen LogP contribution is -2.48.